The molecule has 5 heteroatoms. The number of aryl methyl sites for hydroxylation is 1. The number of para-hydroxylation sites is 2. The lowest BCUT2D eigenvalue weighted by atomic mass is 9.35. The Morgan fingerprint density at radius 3 is 1.69 bits per heavy atom. The Morgan fingerprint density at radius 1 is 0.519 bits per heavy atom. The molecule has 3 aliphatic carbocycles. The van der Waals surface area contributed by atoms with Crippen LogP contribution in [-0.2, 0) is 32.5 Å². The normalized spacial score (nSPS) is 19.9. The fraction of sp³-hybridized carbons (Fsp3) is 0.389. The highest BCUT2D eigenvalue weighted by Gasteiger charge is 2.50. The lowest BCUT2D eigenvalue weighted by molar-refractivity contribution is 0.332. The average Bonchev–Trinajstić information content (AvgIpc) is 3.68. The number of furan rings is 1. The van der Waals surface area contributed by atoms with E-state index >= 15 is 0 Å². The van der Waals surface area contributed by atoms with Crippen molar-refractivity contribution in [3.8, 4) is 0 Å². The number of fused-ring (bicyclic) bond motifs is 9. The van der Waals surface area contributed by atoms with Crippen LogP contribution >= 0.6 is 0 Å². The van der Waals surface area contributed by atoms with E-state index in [-0.39, 0.29) is 39.2 Å². The summed E-state index contributed by atoms with van der Waals surface area (Å²) in [6.45, 7) is 36.3. The van der Waals surface area contributed by atoms with Gasteiger partial charge in [-0.3, -0.25) is 0 Å². The van der Waals surface area contributed by atoms with Crippen molar-refractivity contribution in [3.63, 3.8) is 0 Å². The Bertz CT molecular complexity index is 3680. The van der Waals surface area contributed by atoms with Gasteiger partial charge in [0, 0.05) is 45.2 Å². The standard InChI is InChI=1S/C72H80BN3O/c1-44-30-31-68(6,7)54-43-63-52(41-51(44)54)65-66(77-63)73-58-29-26-46(67(3,4)5)37-60(58)76(59-42-57-55(36-45(59)2)70(10,11)34-35-72(57,14)15)62-40-50(74(47-22-18-16-19-23-47)48-24-20-17-21-25-48)39-61(64(62)73)75(65)49-27-28-53-56(38-49)71(12,13)33-32-69(53,8)9/h16-29,36-44H,30-35H2,1-15H3. The molecule has 0 saturated heterocycles. The second kappa shape index (κ2) is 16.8. The first-order chi connectivity index (χ1) is 36.3. The van der Waals surface area contributed by atoms with Crippen molar-refractivity contribution in [2.45, 2.75) is 181 Å². The number of benzene rings is 7. The molecule has 0 N–H and O–H groups in total. The fourth-order valence-electron chi connectivity index (χ4n) is 14.8. The van der Waals surface area contributed by atoms with Crippen molar-refractivity contribution in [2.24, 2.45) is 0 Å². The predicted molar refractivity (Wildman–Crippen MR) is 330 cm³/mol. The molecule has 0 amide bonds. The van der Waals surface area contributed by atoms with Crippen molar-refractivity contribution in [2.75, 3.05) is 14.7 Å². The largest absolute Gasteiger partial charge is 0.468 e. The van der Waals surface area contributed by atoms with Crippen molar-refractivity contribution in [1.82, 2.24) is 0 Å². The van der Waals surface area contributed by atoms with Gasteiger partial charge in [0.25, 0.3) is 6.71 Å². The second-order valence-electron chi connectivity index (χ2n) is 28.6. The molecule has 0 fully saturated rings. The van der Waals surface area contributed by atoms with Crippen LogP contribution in [0.15, 0.2) is 138 Å². The van der Waals surface area contributed by atoms with Crippen LogP contribution in [0, 0.1) is 6.92 Å². The van der Waals surface area contributed by atoms with Crippen LogP contribution in [0.2, 0.25) is 0 Å². The molecule has 0 spiro atoms. The molecule has 1 aromatic heterocycles. The van der Waals surface area contributed by atoms with Crippen molar-refractivity contribution in [3.05, 3.63) is 178 Å². The van der Waals surface area contributed by atoms with E-state index in [4.69, 9.17) is 4.42 Å². The lowest BCUT2D eigenvalue weighted by Gasteiger charge is -2.46. The summed E-state index contributed by atoms with van der Waals surface area (Å²) in [6.07, 6.45) is 6.97. The predicted octanol–water partition coefficient (Wildman–Crippen LogP) is 18.5. The topological polar surface area (TPSA) is 22.9 Å². The molecule has 0 bridgehead atoms. The highest BCUT2D eigenvalue weighted by Crippen LogP contribution is 2.56. The van der Waals surface area contributed by atoms with Crippen LogP contribution in [-0.4, -0.2) is 6.71 Å². The van der Waals surface area contributed by atoms with Crippen molar-refractivity contribution in [1.29, 1.82) is 0 Å². The first-order valence-corrected chi connectivity index (χ1v) is 29.1. The minimum absolute atomic E-state index is 0.00603. The quantitative estimate of drug-likeness (QED) is 0.160. The van der Waals surface area contributed by atoms with E-state index in [2.05, 4.69) is 252 Å². The molecule has 392 valence electrons. The molecule has 1 atom stereocenters. The van der Waals surface area contributed by atoms with Crippen LogP contribution in [0.4, 0.5) is 51.2 Å². The van der Waals surface area contributed by atoms with Gasteiger partial charge < -0.3 is 19.1 Å². The van der Waals surface area contributed by atoms with Crippen LogP contribution < -0.4 is 31.3 Å². The van der Waals surface area contributed by atoms with Crippen molar-refractivity contribution < 1.29 is 4.42 Å². The molecule has 0 saturated carbocycles. The third-order valence-corrected chi connectivity index (χ3v) is 19.9. The summed E-state index contributed by atoms with van der Waals surface area (Å²) in [5.74, 6) is 0.447. The highest BCUT2D eigenvalue weighted by atomic mass is 16.3. The van der Waals surface area contributed by atoms with Gasteiger partial charge in [0.15, 0.2) is 0 Å². The number of anilines is 9. The third-order valence-electron chi connectivity index (χ3n) is 19.9. The van der Waals surface area contributed by atoms with E-state index in [0.29, 0.717) is 5.92 Å². The minimum atomic E-state index is -0.182. The van der Waals surface area contributed by atoms with Gasteiger partial charge in [-0.2, -0.15) is 0 Å². The molecular formula is C72H80BN3O. The number of hydrogen-bond donors (Lipinski definition) is 0. The maximum absolute atomic E-state index is 7.76. The van der Waals surface area contributed by atoms with Crippen LogP contribution in [0.5, 0.6) is 0 Å². The molecule has 0 radical (unpaired) electrons. The first kappa shape index (κ1) is 50.1. The summed E-state index contributed by atoms with van der Waals surface area (Å²) in [7, 11) is 0. The fourth-order valence-corrected chi connectivity index (χ4v) is 14.8. The molecule has 5 aliphatic rings. The highest BCUT2D eigenvalue weighted by molar-refractivity contribution is 7.00. The van der Waals surface area contributed by atoms with Gasteiger partial charge in [0.1, 0.15) is 5.58 Å². The Morgan fingerprint density at radius 2 is 1.08 bits per heavy atom. The van der Waals surface area contributed by atoms with Crippen LogP contribution in [0.3, 0.4) is 0 Å². The molecule has 8 aromatic rings. The monoisotopic (exact) mass is 1010 g/mol. The van der Waals surface area contributed by atoms with E-state index in [1.807, 2.05) is 0 Å². The summed E-state index contributed by atoms with van der Waals surface area (Å²) < 4.78 is 7.76. The van der Waals surface area contributed by atoms with Crippen LogP contribution in [0.1, 0.15) is 186 Å². The third kappa shape index (κ3) is 7.66. The van der Waals surface area contributed by atoms with Gasteiger partial charge in [-0.25, -0.2) is 0 Å². The van der Waals surface area contributed by atoms with Gasteiger partial charge in [-0.05, 0) is 212 Å². The zero-order valence-electron chi connectivity index (χ0n) is 48.8. The molecule has 7 aromatic carbocycles. The van der Waals surface area contributed by atoms with Gasteiger partial charge in [0.2, 0.25) is 0 Å². The Labute approximate surface area is 461 Å². The van der Waals surface area contributed by atoms with E-state index in [0.717, 1.165) is 47.6 Å². The van der Waals surface area contributed by atoms with Gasteiger partial charge in [-0.1, -0.05) is 158 Å². The molecule has 2 aliphatic heterocycles. The van der Waals surface area contributed by atoms with E-state index in [1.165, 1.54) is 114 Å². The van der Waals surface area contributed by atoms with E-state index < -0.39 is 0 Å². The van der Waals surface area contributed by atoms with E-state index in [9.17, 15) is 0 Å². The molecule has 4 nitrogen and oxygen atoms in total. The minimum Gasteiger partial charge on any atom is -0.468 e. The number of hydrogen-bond acceptors (Lipinski definition) is 4. The zero-order valence-corrected chi connectivity index (χ0v) is 48.8. The van der Waals surface area contributed by atoms with Crippen molar-refractivity contribution >= 4 is 85.5 Å². The van der Waals surface area contributed by atoms with Crippen LogP contribution in [0.25, 0.3) is 11.0 Å². The smallest absolute Gasteiger partial charge is 0.297 e. The lowest BCUT2D eigenvalue weighted by Crippen LogP contribution is -2.61. The molecular weight excluding hydrogens is 934 g/mol. The maximum atomic E-state index is 7.76. The molecule has 77 heavy (non-hydrogen) atoms. The second-order valence-corrected chi connectivity index (χ2v) is 28.6. The molecule has 1 unspecified atom stereocenters. The Balaban J connectivity index is 1.20. The molecule has 3 heterocycles. The SMILES string of the molecule is Cc1cc2c(cc1N1c3cc(C(C)(C)C)ccc3B3c4oc5cc6c(cc5c4N(c4ccc5c(c4)C(C)(C)CCC5(C)C)c4cc(N(c5ccccc5)c5ccccc5)cc1c43)C(C)CCC6(C)C)C(C)(C)CCC2(C)C. The average molecular weight is 1010 g/mol. The summed E-state index contributed by atoms with van der Waals surface area (Å²) >= 11 is 0. The maximum Gasteiger partial charge on any atom is 0.297 e. The Kier molecular flexibility index (Phi) is 10.9. The number of rotatable bonds is 5. The first-order valence-electron chi connectivity index (χ1n) is 29.1. The summed E-state index contributed by atoms with van der Waals surface area (Å²) in [5.41, 5.74) is 26.6. The van der Waals surface area contributed by atoms with Gasteiger partial charge in [0.05, 0.1) is 17.0 Å². The van der Waals surface area contributed by atoms with Gasteiger partial charge >= 0.3 is 0 Å². The summed E-state index contributed by atoms with van der Waals surface area (Å²) in [5, 5.41) is 1.20. The molecule has 13 rings (SSSR count). The van der Waals surface area contributed by atoms with Gasteiger partial charge in [-0.15, -0.1) is 0 Å². The summed E-state index contributed by atoms with van der Waals surface area (Å²) in [6, 6.07) is 52.2. The Hall–Kier alpha value is -6.46. The number of nitrogens with zero attached hydrogens (tertiary/aromatic N) is 3. The zero-order chi connectivity index (χ0) is 54.1. The van der Waals surface area contributed by atoms with E-state index in [1.54, 1.807) is 0 Å². The summed E-state index contributed by atoms with van der Waals surface area (Å²) in [4.78, 5) is 7.84.